The van der Waals surface area contributed by atoms with Crippen LogP contribution in [0.3, 0.4) is 0 Å². The van der Waals surface area contributed by atoms with Crippen molar-refractivity contribution in [2.75, 3.05) is 5.32 Å². The second-order valence-electron chi connectivity index (χ2n) is 6.62. The van der Waals surface area contributed by atoms with E-state index in [1.807, 2.05) is 33.8 Å². The molecular formula is C15H19BClNO3. The van der Waals surface area contributed by atoms with E-state index in [1.54, 1.807) is 6.07 Å². The highest BCUT2D eigenvalue weighted by atomic mass is 35.5. The van der Waals surface area contributed by atoms with Crippen LogP contribution in [0.1, 0.15) is 39.7 Å². The molecule has 112 valence electrons. The Morgan fingerprint density at radius 2 is 1.76 bits per heavy atom. The molecule has 0 radical (unpaired) electrons. The number of benzene rings is 1. The first-order valence-corrected chi connectivity index (χ1v) is 7.56. The van der Waals surface area contributed by atoms with Crippen LogP contribution in [0.4, 0.5) is 5.69 Å². The first-order chi connectivity index (χ1) is 9.71. The molecule has 0 atom stereocenters. The summed E-state index contributed by atoms with van der Waals surface area (Å²) in [5.74, 6) is 0.0321. The van der Waals surface area contributed by atoms with Gasteiger partial charge in [-0.25, -0.2) is 0 Å². The van der Waals surface area contributed by atoms with Crippen molar-refractivity contribution in [3.8, 4) is 0 Å². The van der Waals surface area contributed by atoms with Crippen molar-refractivity contribution in [1.29, 1.82) is 0 Å². The molecule has 1 aromatic carbocycles. The largest absolute Gasteiger partial charge is 0.496 e. The number of amides is 1. The summed E-state index contributed by atoms with van der Waals surface area (Å²) in [6.45, 7) is 8.05. The predicted octanol–water partition coefficient (Wildman–Crippen LogP) is 2.52. The van der Waals surface area contributed by atoms with E-state index in [1.165, 1.54) is 0 Å². The average molecular weight is 308 g/mol. The highest BCUT2D eigenvalue weighted by Crippen LogP contribution is 2.38. The van der Waals surface area contributed by atoms with Gasteiger partial charge in [0, 0.05) is 22.6 Å². The molecule has 2 aliphatic heterocycles. The Balaban J connectivity index is 2.04. The van der Waals surface area contributed by atoms with Gasteiger partial charge in [-0.1, -0.05) is 11.6 Å². The van der Waals surface area contributed by atoms with Crippen LogP contribution in [-0.2, 0) is 20.5 Å². The highest BCUT2D eigenvalue weighted by Gasteiger charge is 2.53. The zero-order valence-electron chi connectivity index (χ0n) is 12.7. The second kappa shape index (κ2) is 4.73. The third-order valence-electron chi connectivity index (χ3n) is 4.67. The van der Waals surface area contributed by atoms with E-state index in [4.69, 9.17) is 20.9 Å². The van der Waals surface area contributed by atoms with E-state index in [9.17, 15) is 4.79 Å². The van der Waals surface area contributed by atoms with Gasteiger partial charge in [0.1, 0.15) is 0 Å². The van der Waals surface area contributed by atoms with Gasteiger partial charge >= 0.3 is 7.12 Å². The van der Waals surface area contributed by atoms with Crippen molar-refractivity contribution >= 4 is 35.8 Å². The summed E-state index contributed by atoms with van der Waals surface area (Å²) in [4.78, 5) is 11.5. The first kappa shape index (κ1) is 14.9. The molecule has 0 unspecified atom stereocenters. The molecule has 1 saturated heterocycles. The Bertz CT molecular complexity index is 599. The van der Waals surface area contributed by atoms with Gasteiger partial charge in [-0.2, -0.15) is 0 Å². The maximum Gasteiger partial charge on any atom is 0.496 e. The van der Waals surface area contributed by atoms with Gasteiger partial charge in [0.25, 0.3) is 0 Å². The van der Waals surface area contributed by atoms with Crippen LogP contribution in [0.2, 0.25) is 5.02 Å². The minimum Gasteiger partial charge on any atom is -0.399 e. The zero-order valence-corrected chi connectivity index (χ0v) is 13.5. The molecule has 0 saturated carbocycles. The van der Waals surface area contributed by atoms with Gasteiger partial charge in [-0.3, -0.25) is 4.79 Å². The van der Waals surface area contributed by atoms with Crippen molar-refractivity contribution in [2.45, 2.75) is 51.7 Å². The Labute approximate surface area is 130 Å². The SMILES string of the molecule is CC1(C)OB(c2c(Cl)ccc3c2CCC(=O)N3)OC1(C)C. The summed E-state index contributed by atoms with van der Waals surface area (Å²) in [6, 6.07) is 3.62. The lowest BCUT2D eigenvalue weighted by molar-refractivity contribution is -0.116. The minimum atomic E-state index is -0.507. The molecule has 1 fully saturated rings. The van der Waals surface area contributed by atoms with Crippen LogP contribution in [0, 0.1) is 0 Å². The normalized spacial score (nSPS) is 22.9. The number of rotatable bonds is 1. The molecule has 21 heavy (non-hydrogen) atoms. The summed E-state index contributed by atoms with van der Waals surface area (Å²) in [5.41, 5.74) is 1.83. The molecule has 0 spiro atoms. The quantitative estimate of drug-likeness (QED) is 0.811. The molecule has 2 aliphatic rings. The molecule has 2 heterocycles. The second-order valence-corrected chi connectivity index (χ2v) is 7.03. The molecule has 3 rings (SSSR count). The number of fused-ring (bicyclic) bond motifs is 1. The number of carbonyl (C=O) groups excluding carboxylic acids is 1. The summed E-state index contributed by atoms with van der Waals surface area (Å²) in [6.07, 6.45) is 1.11. The van der Waals surface area contributed by atoms with Gasteiger partial charge in [0.15, 0.2) is 0 Å². The summed E-state index contributed by atoms with van der Waals surface area (Å²) >= 11 is 6.39. The average Bonchev–Trinajstić information content (AvgIpc) is 2.58. The lowest BCUT2D eigenvalue weighted by Crippen LogP contribution is -2.41. The van der Waals surface area contributed by atoms with E-state index in [-0.39, 0.29) is 5.91 Å². The molecule has 1 N–H and O–H groups in total. The fraction of sp³-hybridized carbons (Fsp3) is 0.533. The summed E-state index contributed by atoms with van der Waals surface area (Å²) in [7, 11) is -0.507. The van der Waals surface area contributed by atoms with Crippen LogP contribution in [0.25, 0.3) is 0 Å². The van der Waals surface area contributed by atoms with Crippen molar-refractivity contribution in [2.24, 2.45) is 0 Å². The number of halogens is 1. The number of hydrogen-bond acceptors (Lipinski definition) is 3. The zero-order chi connectivity index (χ0) is 15.4. The van der Waals surface area contributed by atoms with Crippen molar-refractivity contribution < 1.29 is 14.1 Å². The monoisotopic (exact) mass is 307 g/mol. The Kier molecular flexibility index (Phi) is 3.35. The van der Waals surface area contributed by atoms with Crippen LogP contribution in [0.15, 0.2) is 12.1 Å². The van der Waals surface area contributed by atoms with Gasteiger partial charge in [-0.15, -0.1) is 0 Å². The van der Waals surface area contributed by atoms with Gasteiger partial charge < -0.3 is 14.6 Å². The van der Waals surface area contributed by atoms with Crippen LogP contribution >= 0.6 is 11.6 Å². The predicted molar refractivity (Wildman–Crippen MR) is 84.1 cm³/mol. The molecule has 0 bridgehead atoms. The topological polar surface area (TPSA) is 47.6 Å². The lowest BCUT2D eigenvalue weighted by atomic mass is 9.73. The van der Waals surface area contributed by atoms with Crippen molar-refractivity contribution in [1.82, 2.24) is 0 Å². The Morgan fingerprint density at radius 1 is 1.14 bits per heavy atom. The highest BCUT2D eigenvalue weighted by molar-refractivity contribution is 6.66. The van der Waals surface area contributed by atoms with E-state index >= 15 is 0 Å². The number of anilines is 1. The Morgan fingerprint density at radius 3 is 2.38 bits per heavy atom. The molecule has 1 aromatic rings. The summed E-state index contributed by atoms with van der Waals surface area (Å²) in [5, 5.41) is 3.50. The molecule has 1 amide bonds. The van der Waals surface area contributed by atoms with Gasteiger partial charge in [0.2, 0.25) is 5.91 Å². The standard InChI is InChI=1S/C15H19BClNO3/c1-14(2)15(3,4)21-16(20-14)13-9-5-8-12(19)18-11(9)7-6-10(13)17/h6-7H,5,8H2,1-4H3,(H,18,19). The molecule has 4 nitrogen and oxygen atoms in total. The van der Waals surface area contributed by atoms with E-state index in [0.29, 0.717) is 17.9 Å². The third-order valence-corrected chi connectivity index (χ3v) is 5.00. The van der Waals surface area contributed by atoms with Crippen molar-refractivity contribution in [3.05, 3.63) is 22.7 Å². The van der Waals surface area contributed by atoms with Gasteiger partial charge in [-0.05, 0) is 51.8 Å². The number of hydrogen-bond donors (Lipinski definition) is 1. The number of nitrogens with one attached hydrogen (secondary N) is 1. The molecule has 0 aliphatic carbocycles. The smallest absolute Gasteiger partial charge is 0.399 e. The van der Waals surface area contributed by atoms with Crippen LogP contribution < -0.4 is 10.8 Å². The molecular weight excluding hydrogens is 288 g/mol. The Hall–Kier alpha value is -1.04. The fourth-order valence-corrected chi connectivity index (χ4v) is 2.96. The van der Waals surface area contributed by atoms with Gasteiger partial charge in [0.05, 0.1) is 11.2 Å². The number of carbonyl (C=O) groups is 1. The lowest BCUT2D eigenvalue weighted by Gasteiger charge is -2.32. The molecule has 0 aromatic heterocycles. The fourth-order valence-electron chi connectivity index (χ4n) is 2.69. The third kappa shape index (κ3) is 2.37. The van der Waals surface area contributed by atoms with E-state index in [0.717, 1.165) is 16.7 Å². The summed E-state index contributed by atoms with van der Waals surface area (Å²) < 4.78 is 12.2. The first-order valence-electron chi connectivity index (χ1n) is 7.18. The van der Waals surface area contributed by atoms with E-state index < -0.39 is 18.3 Å². The van der Waals surface area contributed by atoms with Crippen LogP contribution in [0.5, 0.6) is 0 Å². The van der Waals surface area contributed by atoms with Crippen LogP contribution in [-0.4, -0.2) is 24.2 Å². The van der Waals surface area contributed by atoms with E-state index in [2.05, 4.69) is 5.32 Å². The maximum absolute atomic E-state index is 11.5. The minimum absolute atomic E-state index is 0.0321. The molecule has 6 heteroatoms. The maximum atomic E-state index is 11.5. The van der Waals surface area contributed by atoms with Crippen molar-refractivity contribution in [3.63, 3.8) is 0 Å².